The molecule has 1 saturated heterocycles. The highest BCUT2D eigenvalue weighted by Gasteiger charge is 2.44. The van der Waals surface area contributed by atoms with Crippen LogP contribution in [-0.4, -0.2) is 44.0 Å². The number of imide groups is 1. The molecule has 2 heterocycles. The molecular weight excluding hydrogens is 380 g/mol. The first-order valence-corrected chi connectivity index (χ1v) is 10.2. The maximum atomic E-state index is 13.6. The van der Waals surface area contributed by atoms with Crippen LogP contribution in [-0.2, 0) is 9.59 Å². The summed E-state index contributed by atoms with van der Waals surface area (Å²) in [5.74, 6) is 1.02. The molecule has 6 heteroatoms. The number of rotatable bonds is 5. The Morgan fingerprint density at radius 2 is 1.67 bits per heavy atom. The maximum absolute atomic E-state index is 13.6. The van der Waals surface area contributed by atoms with Gasteiger partial charge in [-0.15, -0.1) is 0 Å². The maximum Gasteiger partial charge on any atom is 0.282 e. The third kappa shape index (κ3) is 3.43. The lowest BCUT2D eigenvalue weighted by atomic mass is 9.98. The van der Waals surface area contributed by atoms with E-state index < -0.39 is 0 Å². The molecule has 4 rings (SSSR count). The zero-order chi connectivity index (χ0) is 21.3. The lowest BCUT2D eigenvalue weighted by molar-refractivity contribution is -0.120. The molecule has 0 N–H and O–H groups in total. The van der Waals surface area contributed by atoms with E-state index in [2.05, 4.69) is 11.8 Å². The van der Waals surface area contributed by atoms with Crippen LogP contribution in [0.5, 0.6) is 11.5 Å². The molecule has 2 aliphatic rings. The van der Waals surface area contributed by atoms with Gasteiger partial charge in [-0.1, -0.05) is 31.2 Å². The van der Waals surface area contributed by atoms with Gasteiger partial charge in [-0.05, 0) is 48.6 Å². The molecule has 6 nitrogen and oxygen atoms in total. The quantitative estimate of drug-likeness (QED) is 0.709. The summed E-state index contributed by atoms with van der Waals surface area (Å²) < 4.78 is 10.7. The van der Waals surface area contributed by atoms with Gasteiger partial charge in [0.25, 0.3) is 11.8 Å². The molecule has 1 fully saturated rings. The number of ether oxygens (including phenoxy) is 2. The Balaban J connectivity index is 1.83. The Morgan fingerprint density at radius 1 is 0.933 bits per heavy atom. The molecular formula is C24H26N2O4. The van der Waals surface area contributed by atoms with Crippen LogP contribution in [0.4, 0.5) is 5.69 Å². The second-order valence-corrected chi connectivity index (χ2v) is 7.76. The first-order chi connectivity index (χ1) is 14.5. The van der Waals surface area contributed by atoms with E-state index >= 15 is 0 Å². The number of carbonyl (C=O) groups is 2. The van der Waals surface area contributed by atoms with Crippen LogP contribution >= 0.6 is 0 Å². The molecule has 2 aromatic rings. The molecule has 0 spiro atoms. The molecule has 2 amide bonds. The van der Waals surface area contributed by atoms with Crippen LogP contribution in [0.1, 0.15) is 25.3 Å². The summed E-state index contributed by atoms with van der Waals surface area (Å²) in [5, 5.41) is 0. The van der Waals surface area contributed by atoms with Crippen molar-refractivity contribution in [3.05, 3.63) is 59.8 Å². The van der Waals surface area contributed by atoms with Crippen molar-refractivity contribution in [2.75, 3.05) is 32.2 Å². The van der Waals surface area contributed by atoms with E-state index in [1.807, 2.05) is 30.3 Å². The van der Waals surface area contributed by atoms with Crippen molar-refractivity contribution in [2.24, 2.45) is 5.92 Å². The number of benzene rings is 2. The van der Waals surface area contributed by atoms with Crippen LogP contribution in [0.2, 0.25) is 0 Å². The molecule has 0 aliphatic carbocycles. The largest absolute Gasteiger partial charge is 0.497 e. The summed E-state index contributed by atoms with van der Waals surface area (Å²) in [4.78, 5) is 30.5. The zero-order valence-corrected chi connectivity index (χ0v) is 17.6. The topological polar surface area (TPSA) is 59.1 Å². The average molecular weight is 406 g/mol. The minimum absolute atomic E-state index is 0.301. The molecule has 1 atom stereocenters. The van der Waals surface area contributed by atoms with E-state index in [9.17, 15) is 9.59 Å². The van der Waals surface area contributed by atoms with Crippen LogP contribution in [0.3, 0.4) is 0 Å². The van der Waals surface area contributed by atoms with Gasteiger partial charge in [-0.25, -0.2) is 4.90 Å². The smallest absolute Gasteiger partial charge is 0.282 e. The Labute approximate surface area is 176 Å². The fourth-order valence-corrected chi connectivity index (χ4v) is 4.26. The Morgan fingerprint density at radius 3 is 2.33 bits per heavy atom. The van der Waals surface area contributed by atoms with Crippen molar-refractivity contribution in [2.45, 2.75) is 19.8 Å². The van der Waals surface area contributed by atoms with Gasteiger partial charge in [-0.2, -0.15) is 0 Å². The Bertz CT molecular complexity index is 997. The summed E-state index contributed by atoms with van der Waals surface area (Å²) >= 11 is 0. The zero-order valence-electron chi connectivity index (χ0n) is 17.6. The lowest BCUT2D eigenvalue weighted by Crippen LogP contribution is -2.39. The van der Waals surface area contributed by atoms with Gasteiger partial charge in [0, 0.05) is 13.1 Å². The standard InChI is InChI=1S/C24H26N2O4/c1-16-7-6-14-25(15-16)22-21(17-10-12-18(29-2)13-11-17)23(27)26(24(22)28)19-8-4-5-9-20(19)30-3/h4-5,8-13,16H,6-7,14-15H2,1-3H3. The van der Waals surface area contributed by atoms with Gasteiger partial charge in [0.2, 0.25) is 0 Å². The van der Waals surface area contributed by atoms with E-state index in [-0.39, 0.29) is 11.8 Å². The number of para-hydroxylation sites is 2. The van der Waals surface area contributed by atoms with Crippen molar-refractivity contribution in [1.82, 2.24) is 4.90 Å². The van der Waals surface area contributed by atoms with Gasteiger partial charge < -0.3 is 14.4 Å². The first-order valence-electron chi connectivity index (χ1n) is 10.2. The van der Waals surface area contributed by atoms with Crippen LogP contribution in [0.25, 0.3) is 5.57 Å². The molecule has 0 aromatic heterocycles. The summed E-state index contributed by atoms with van der Waals surface area (Å²) in [5.41, 5.74) is 2.08. The number of anilines is 1. The molecule has 1 unspecified atom stereocenters. The number of methoxy groups -OCH3 is 2. The predicted octanol–water partition coefficient (Wildman–Crippen LogP) is 3.72. The van der Waals surface area contributed by atoms with Gasteiger partial charge in [0.1, 0.15) is 17.2 Å². The van der Waals surface area contributed by atoms with Crippen LogP contribution < -0.4 is 14.4 Å². The first kappa shape index (κ1) is 20.0. The molecule has 0 saturated carbocycles. The number of amides is 2. The SMILES string of the molecule is COc1ccc(C2=C(N3CCCC(C)C3)C(=O)N(c3ccccc3OC)C2=O)cc1. The van der Waals surface area contributed by atoms with Crippen molar-refractivity contribution < 1.29 is 19.1 Å². The summed E-state index contributed by atoms with van der Waals surface area (Å²) in [6.45, 7) is 3.70. The lowest BCUT2D eigenvalue weighted by Gasteiger charge is -2.33. The predicted molar refractivity (Wildman–Crippen MR) is 115 cm³/mol. The molecule has 156 valence electrons. The van der Waals surface area contributed by atoms with Gasteiger partial charge >= 0.3 is 0 Å². The second-order valence-electron chi connectivity index (χ2n) is 7.76. The van der Waals surface area contributed by atoms with Crippen molar-refractivity contribution in [3.63, 3.8) is 0 Å². The second kappa shape index (κ2) is 8.22. The minimum atomic E-state index is -0.331. The van der Waals surface area contributed by atoms with Gasteiger partial charge in [0.15, 0.2) is 0 Å². The third-order valence-corrected chi connectivity index (χ3v) is 5.74. The summed E-state index contributed by atoms with van der Waals surface area (Å²) in [7, 11) is 3.14. The van der Waals surface area contributed by atoms with Crippen LogP contribution in [0, 0.1) is 5.92 Å². The molecule has 2 aromatic carbocycles. The number of piperidine rings is 1. The monoisotopic (exact) mass is 406 g/mol. The number of carbonyl (C=O) groups excluding carboxylic acids is 2. The van der Waals surface area contributed by atoms with E-state index in [1.54, 1.807) is 25.3 Å². The van der Waals surface area contributed by atoms with E-state index in [0.717, 1.165) is 25.9 Å². The molecule has 30 heavy (non-hydrogen) atoms. The molecule has 0 bridgehead atoms. The van der Waals surface area contributed by atoms with Crippen LogP contribution in [0.15, 0.2) is 54.2 Å². The summed E-state index contributed by atoms with van der Waals surface area (Å²) in [6, 6.07) is 14.4. The fraction of sp³-hybridized carbons (Fsp3) is 0.333. The van der Waals surface area contributed by atoms with Gasteiger partial charge in [-0.3, -0.25) is 9.59 Å². The van der Waals surface area contributed by atoms with Crippen molar-refractivity contribution >= 4 is 23.1 Å². The van der Waals surface area contributed by atoms with E-state index in [1.165, 1.54) is 12.0 Å². The van der Waals surface area contributed by atoms with Crippen molar-refractivity contribution in [3.8, 4) is 11.5 Å². The Hall–Kier alpha value is -3.28. The highest BCUT2D eigenvalue weighted by atomic mass is 16.5. The molecule has 0 radical (unpaired) electrons. The normalized spacial score (nSPS) is 19.5. The highest BCUT2D eigenvalue weighted by Crippen LogP contribution is 2.39. The number of nitrogens with zero attached hydrogens (tertiary/aromatic N) is 2. The fourth-order valence-electron chi connectivity index (χ4n) is 4.26. The van der Waals surface area contributed by atoms with Crippen molar-refractivity contribution in [1.29, 1.82) is 0 Å². The summed E-state index contributed by atoms with van der Waals surface area (Å²) in [6.07, 6.45) is 2.12. The number of hydrogen-bond acceptors (Lipinski definition) is 5. The van der Waals surface area contributed by atoms with Gasteiger partial charge in [0.05, 0.1) is 25.5 Å². The Kier molecular flexibility index (Phi) is 5.48. The average Bonchev–Trinajstić information content (AvgIpc) is 3.03. The van der Waals surface area contributed by atoms with E-state index in [0.29, 0.717) is 39.9 Å². The van der Waals surface area contributed by atoms with E-state index in [4.69, 9.17) is 9.47 Å². The number of hydrogen-bond donors (Lipinski definition) is 0. The molecule has 2 aliphatic heterocycles. The third-order valence-electron chi connectivity index (χ3n) is 5.74. The highest BCUT2D eigenvalue weighted by molar-refractivity contribution is 6.45. The minimum Gasteiger partial charge on any atom is -0.497 e. The number of likely N-dealkylation sites (tertiary alicyclic amines) is 1.